The molecule has 0 spiro atoms. The normalized spacial score (nSPS) is 21.3. The van der Waals surface area contributed by atoms with E-state index >= 15 is 0 Å². The molecular weight excluding hydrogens is 414 g/mol. The molecule has 31 heavy (non-hydrogen) atoms. The smallest absolute Gasteiger partial charge is 0.246 e. The summed E-state index contributed by atoms with van der Waals surface area (Å²) in [6, 6.07) is 11.4. The number of benzene rings is 1. The summed E-state index contributed by atoms with van der Waals surface area (Å²) in [5.74, 6) is 0.602. The molecular formula is C23H27N3O4S. The van der Waals surface area contributed by atoms with Gasteiger partial charge in [0.05, 0.1) is 7.11 Å². The first-order valence-corrected chi connectivity index (χ1v) is 11.4. The van der Waals surface area contributed by atoms with Crippen molar-refractivity contribution in [3.05, 3.63) is 46.7 Å². The van der Waals surface area contributed by atoms with Gasteiger partial charge in [0.15, 0.2) is 0 Å². The Kier molecular flexibility index (Phi) is 6.27. The van der Waals surface area contributed by atoms with E-state index in [0.717, 1.165) is 18.5 Å². The lowest BCUT2D eigenvalue weighted by atomic mass is 9.87. The summed E-state index contributed by atoms with van der Waals surface area (Å²) in [6.45, 7) is 1.02. The number of hydrogen-bond acceptors (Lipinski definition) is 5. The van der Waals surface area contributed by atoms with Gasteiger partial charge in [-0.15, -0.1) is 11.3 Å². The average molecular weight is 442 g/mol. The molecule has 1 aromatic carbocycles. The Labute approximate surface area is 186 Å². The Bertz CT molecular complexity index is 961. The van der Waals surface area contributed by atoms with Crippen LogP contribution in [0.4, 0.5) is 5.69 Å². The van der Waals surface area contributed by atoms with Gasteiger partial charge in [-0.1, -0.05) is 12.1 Å². The SMILES string of the molecule is COc1cccc(N2CCN(C(=O)CCC3(Cc4cccs4)CCC(=O)N3)CC2=O)c1. The number of nitrogens with one attached hydrogen (secondary N) is 1. The van der Waals surface area contributed by atoms with E-state index in [1.807, 2.05) is 35.7 Å². The topological polar surface area (TPSA) is 79.0 Å². The fraction of sp³-hybridized carbons (Fsp3) is 0.435. The zero-order valence-electron chi connectivity index (χ0n) is 17.6. The number of hydrogen-bond donors (Lipinski definition) is 1. The van der Waals surface area contributed by atoms with Crippen LogP contribution in [0, 0.1) is 0 Å². The monoisotopic (exact) mass is 441 g/mol. The quantitative estimate of drug-likeness (QED) is 0.716. The molecule has 0 aliphatic carbocycles. The van der Waals surface area contributed by atoms with Crippen molar-refractivity contribution >= 4 is 34.7 Å². The van der Waals surface area contributed by atoms with Gasteiger partial charge < -0.3 is 19.9 Å². The predicted octanol–water partition coefficient (Wildman–Crippen LogP) is 2.60. The van der Waals surface area contributed by atoms with E-state index in [2.05, 4.69) is 11.4 Å². The zero-order valence-corrected chi connectivity index (χ0v) is 18.5. The Hall–Kier alpha value is -2.87. The second-order valence-electron chi connectivity index (χ2n) is 8.15. The van der Waals surface area contributed by atoms with Crippen LogP contribution in [0.2, 0.25) is 0 Å². The van der Waals surface area contributed by atoms with Gasteiger partial charge in [0.1, 0.15) is 12.3 Å². The van der Waals surface area contributed by atoms with E-state index in [4.69, 9.17) is 4.74 Å². The van der Waals surface area contributed by atoms with E-state index in [1.165, 1.54) is 4.88 Å². The van der Waals surface area contributed by atoms with Crippen molar-refractivity contribution in [1.82, 2.24) is 10.2 Å². The average Bonchev–Trinajstić information content (AvgIpc) is 3.42. The second-order valence-corrected chi connectivity index (χ2v) is 9.18. The molecule has 0 bridgehead atoms. The first-order valence-electron chi connectivity index (χ1n) is 10.5. The van der Waals surface area contributed by atoms with Crippen LogP contribution >= 0.6 is 11.3 Å². The van der Waals surface area contributed by atoms with Crippen LogP contribution < -0.4 is 15.0 Å². The Morgan fingerprint density at radius 3 is 2.77 bits per heavy atom. The van der Waals surface area contributed by atoms with Crippen LogP contribution in [0.25, 0.3) is 0 Å². The number of carbonyl (C=O) groups is 3. The fourth-order valence-electron chi connectivity index (χ4n) is 4.37. The number of nitrogens with zero attached hydrogens (tertiary/aromatic N) is 2. The molecule has 2 aliphatic heterocycles. The molecule has 4 rings (SSSR count). The summed E-state index contributed by atoms with van der Waals surface area (Å²) in [6.07, 6.45) is 2.88. The molecule has 1 N–H and O–H groups in total. The maximum atomic E-state index is 12.9. The third kappa shape index (κ3) is 4.90. The lowest BCUT2D eigenvalue weighted by Crippen LogP contribution is -2.53. The molecule has 3 amide bonds. The van der Waals surface area contributed by atoms with Crippen LogP contribution in [0.3, 0.4) is 0 Å². The highest BCUT2D eigenvalue weighted by Crippen LogP contribution is 2.31. The van der Waals surface area contributed by atoms with E-state index in [1.54, 1.807) is 28.2 Å². The molecule has 7 nitrogen and oxygen atoms in total. The van der Waals surface area contributed by atoms with E-state index < -0.39 is 0 Å². The van der Waals surface area contributed by atoms with Gasteiger partial charge in [0.2, 0.25) is 17.7 Å². The summed E-state index contributed by atoms with van der Waals surface area (Å²) in [4.78, 5) is 42.1. The summed E-state index contributed by atoms with van der Waals surface area (Å²) in [5, 5.41) is 5.15. The highest BCUT2D eigenvalue weighted by molar-refractivity contribution is 7.09. The van der Waals surface area contributed by atoms with Crippen molar-refractivity contribution in [1.29, 1.82) is 0 Å². The number of thiophene rings is 1. The first-order chi connectivity index (χ1) is 15.0. The number of anilines is 1. The third-order valence-electron chi connectivity index (χ3n) is 6.08. The number of amides is 3. The molecule has 1 unspecified atom stereocenters. The maximum absolute atomic E-state index is 12.9. The summed E-state index contributed by atoms with van der Waals surface area (Å²) in [5.41, 5.74) is 0.407. The second kappa shape index (κ2) is 9.09. The minimum Gasteiger partial charge on any atom is -0.497 e. The zero-order chi connectivity index (χ0) is 21.8. The highest BCUT2D eigenvalue weighted by atomic mass is 32.1. The number of methoxy groups -OCH3 is 1. The number of ether oxygens (including phenoxy) is 1. The standard InChI is InChI=1S/C23H27N3O4S/c1-30-18-5-2-4-17(14-18)26-12-11-25(16-22(26)29)21(28)8-10-23(9-7-20(27)24-23)15-19-6-3-13-31-19/h2-6,13-14H,7-12,15-16H2,1H3,(H,24,27). The van der Waals surface area contributed by atoms with E-state index in [-0.39, 0.29) is 29.8 Å². The predicted molar refractivity (Wildman–Crippen MR) is 119 cm³/mol. The number of carbonyl (C=O) groups excluding carboxylic acids is 3. The van der Waals surface area contributed by atoms with Crippen molar-refractivity contribution in [2.45, 2.75) is 37.6 Å². The van der Waals surface area contributed by atoms with Crippen molar-refractivity contribution in [2.24, 2.45) is 0 Å². The molecule has 1 aromatic heterocycles. The molecule has 2 fully saturated rings. The minimum absolute atomic E-state index is 0.0367. The van der Waals surface area contributed by atoms with Crippen molar-refractivity contribution in [3.8, 4) is 5.75 Å². The first kappa shape index (κ1) is 21.4. The Morgan fingerprint density at radius 1 is 1.23 bits per heavy atom. The van der Waals surface area contributed by atoms with E-state index in [0.29, 0.717) is 38.1 Å². The molecule has 2 aromatic rings. The van der Waals surface area contributed by atoms with Crippen molar-refractivity contribution in [2.75, 3.05) is 31.6 Å². The molecule has 8 heteroatoms. The summed E-state index contributed by atoms with van der Waals surface area (Å²) >= 11 is 1.67. The van der Waals surface area contributed by atoms with Gasteiger partial charge in [0, 0.05) is 54.5 Å². The largest absolute Gasteiger partial charge is 0.497 e. The third-order valence-corrected chi connectivity index (χ3v) is 6.96. The number of rotatable bonds is 7. The van der Waals surface area contributed by atoms with Gasteiger partial charge in [0.25, 0.3) is 0 Å². The van der Waals surface area contributed by atoms with Gasteiger partial charge in [-0.3, -0.25) is 14.4 Å². The summed E-state index contributed by atoms with van der Waals surface area (Å²) in [7, 11) is 1.59. The Morgan fingerprint density at radius 2 is 2.10 bits per heavy atom. The molecule has 2 saturated heterocycles. The molecule has 164 valence electrons. The van der Waals surface area contributed by atoms with Crippen LogP contribution in [0.15, 0.2) is 41.8 Å². The minimum atomic E-state index is -0.371. The maximum Gasteiger partial charge on any atom is 0.246 e. The van der Waals surface area contributed by atoms with Gasteiger partial charge >= 0.3 is 0 Å². The highest BCUT2D eigenvalue weighted by Gasteiger charge is 2.39. The Balaban J connectivity index is 1.35. The lowest BCUT2D eigenvalue weighted by molar-refractivity contribution is -0.137. The van der Waals surface area contributed by atoms with Gasteiger partial charge in [-0.2, -0.15) is 0 Å². The van der Waals surface area contributed by atoms with Crippen LogP contribution in [-0.4, -0.2) is 54.9 Å². The number of piperazine rings is 1. The fourth-order valence-corrected chi connectivity index (χ4v) is 5.22. The lowest BCUT2D eigenvalue weighted by Gasteiger charge is -2.35. The molecule has 2 aliphatic rings. The van der Waals surface area contributed by atoms with Gasteiger partial charge in [-0.05, 0) is 36.4 Å². The molecule has 1 atom stereocenters. The van der Waals surface area contributed by atoms with Crippen LogP contribution in [-0.2, 0) is 20.8 Å². The van der Waals surface area contributed by atoms with E-state index in [9.17, 15) is 14.4 Å². The van der Waals surface area contributed by atoms with Crippen LogP contribution in [0.5, 0.6) is 5.75 Å². The van der Waals surface area contributed by atoms with Crippen LogP contribution in [0.1, 0.15) is 30.6 Å². The molecule has 0 saturated carbocycles. The van der Waals surface area contributed by atoms with Crippen molar-refractivity contribution in [3.63, 3.8) is 0 Å². The molecule has 3 heterocycles. The van der Waals surface area contributed by atoms with Gasteiger partial charge in [-0.25, -0.2) is 0 Å². The summed E-state index contributed by atoms with van der Waals surface area (Å²) < 4.78 is 5.24. The molecule has 0 radical (unpaired) electrons. The van der Waals surface area contributed by atoms with Crippen molar-refractivity contribution < 1.29 is 19.1 Å².